The fourth-order valence-corrected chi connectivity index (χ4v) is 4.15. The number of hydrogen-bond acceptors (Lipinski definition) is 7. The Morgan fingerprint density at radius 2 is 2.10 bits per heavy atom. The molecule has 0 amide bonds. The summed E-state index contributed by atoms with van der Waals surface area (Å²) >= 11 is 1.38. The maximum atomic E-state index is 12.9. The number of nitrogens with two attached hydrogens (primary N) is 2. The molecule has 1 unspecified atom stereocenters. The van der Waals surface area contributed by atoms with E-state index < -0.39 is 23.3 Å². The normalized spacial score (nSPS) is 18.1. The first kappa shape index (κ1) is 20.6. The Hall–Kier alpha value is -2.63. The minimum Gasteiger partial charge on any atom is -0.326 e. The third kappa shape index (κ3) is 4.27. The van der Waals surface area contributed by atoms with Crippen LogP contribution in [0.2, 0.25) is 0 Å². The number of nitrogens with one attached hydrogen (secondary N) is 1. The Kier molecular flexibility index (Phi) is 5.43. The molecule has 0 spiro atoms. The molecule has 1 aliphatic rings. The molecule has 0 saturated carbocycles. The molecule has 30 heavy (non-hydrogen) atoms. The minimum atomic E-state index is -4.38. The molecule has 7 nitrogen and oxygen atoms in total. The first-order valence-electron chi connectivity index (χ1n) is 9.21. The van der Waals surface area contributed by atoms with Crippen LogP contribution in [-0.2, 0) is 12.6 Å². The van der Waals surface area contributed by atoms with E-state index in [1.54, 1.807) is 17.3 Å². The lowest BCUT2D eigenvalue weighted by Gasteiger charge is -2.23. The van der Waals surface area contributed by atoms with Crippen LogP contribution in [0.3, 0.4) is 0 Å². The predicted octanol–water partition coefficient (Wildman–Crippen LogP) is 2.81. The highest BCUT2D eigenvalue weighted by molar-refractivity contribution is 8.15. The largest absolute Gasteiger partial charge is 0.416 e. The molecule has 0 radical (unpaired) electrons. The third-order valence-electron chi connectivity index (χ3n) is 4.77. The first-order valence-corrected chi connectivity index (χ1v) is 10.1. The van der Waals surface area contributed by atoms with E-state index in [9.17, 15) is 13.2 Å². The van der Waals surface area contributed by atoms with Crippen molar-refractivity contribution in [1.82, 2.24) is 20.2 Å². The van der Waals surface area contributed by atoms with E-state index in [-0.39, 0.29) is 6.42 Å². The van der Waals surface area contributed by atoms with Gasteiger partial charge in [0, 0.05) is 23.2 Å². The van der Waals surface area contributed by atoms with Crippen LogP contribution in [0.25, 0.3) is 11.0 Å². The molecule has 11 heteroatoms. The van der Waals surface area contributed by atoms with Crippen LogP contribution in [0.1, 0.15) is 22.4 Å². The second-order valence-corrected chi connectivity index (χ2v) is 8.23. The van der Waals surface area contributed by atoms with Crippen molar-refractivity contribution in [3.8, 4) is 0 Å². The fraction of sp³-hybridized carbons (Fsp3) is 0.316. The van der Waals surface area contributed by atoms with Crippen LogP contribution >= 0.6 is 11.8 Å². The average Bonchev–Trinajstić information content (AvgIpc) is 3.24. The number of aromatic nitrogens is 3. The van der Waals surface area contributed by atoms with Gasteiger partial charge in [0.2, 0.25) is 0 Å². The summed E-state index contributed by atoms with van der Waals surface area (Å²) in [5.41, 5.74) is 14.1. The molecule has 0 bridgehead atoms. The molecule has 2 atom stereocenters. The van der Waals surface area contributed by atoms with Crippen LogP contribution in [0.5, 0.6) is 0 Å². The summed E-state index contributed by atoms with van der Waals surface area (Å²) in [7, 11) is 0. The summed E-state index contributed by atoms with van der Waals surface area (Å²) in [4.78, 5) is 4.35. The standard InChI is InChI=1S/C19H20F3N7S/c1-10-15-7-12(8-25-16(15)27-26-10)17-28-29(18(24)30-17)9-14(23)6-11-3-2-4-13(5-11)19(20,21)22/h2-5,7-8,14,18H,6,9,23-24H2,1H3,(H,25,26,27)/t14-,18?/m1/s1. The lowest BCUT2D eigenvalue weighted by atomic mass is 10.0. The summed E-state index contributed by atoms with van der Waals surface area (Å²) in [6.45, 7) is 2.20. The van der Waals surface area contributed by atoms with E-state index in [0.717, 1.165) is 28.8 Å². The number of H-pyrrole nitrogens is 1. The number of halogens is 3. The van der Waals surface area contributed by atoms with Crippen molar-refractivity contribution in [2.24, 2.45) is 16.6 Å². The van der Waals surface area contributed by atoms with Gasteiger partial charge in [0.1, 0.15) is 10.5 Å². The number of rotatable bonds is 5. The Bertz CT molecular complexity index is 1100. The van der Waals surface area contributed by atoms with Gasteiger partial charge in [-0.2, -0.15) is 23.4 Å². The van der Waals surface area contributed by atoms with Crippen molar-refractivity contribution < 1.29 is 13.2 Å². The second kappa shape index (κ2) is 7.89. The monoisotopic (exact) mass is 435 g/mol. The van der Waals surface area contributed by atoms with Gasteiger partial charge in [-0.15, -0.1) is 0 Å². The number of aryl methyl sites for hydroxylation is 1. The SMILES string of the molecule is Cc1n[nH]c2ncc(C3=NN(C[C@H](N)Cc4cccc(C(F)(F)F)c4)C(N)S3)cc12. The van der Waals surface area contributed by atoms with E-state index in [4.69, 9.17) is 11.5 Å². The summed E-state index contributed by atoms with van der Waals surface area (Å²) in [5, 5.41) is 14.8. The predicted molar refractivity (Wildman–Crippen MR) is 111 cm³/mol. The van der Waals surface area contributed by atoms with E-state index in [1.807, 2.05) is 13.0 Å². The quantitative estimate of drug-likeness (QED) is 0.569. The molecule has 3 aromatic rings. The lowest BCUT2D eigenvalue weighted by Crippen LogP contribution is -2.42. The minimum absolute atomic E-state index is 0.282. The number of hydrogen-bond donors (Lipinski definition) is 3. The zero-order chi connectivity index (χ0) is 21.5. The van der Waals surface area contributed by atoms with Gasteiger partial charge in [-0.3, -0.25) is 10.1 Å². The number of alkyl halides is 3. The number of pyridine rings is 1. The second-order valence-electron chi connectivity index (χ2n) is 7.13. The van der Waals surface area contributed by atoms with Gasteiger partial charge < -0.3 is 11.5 Å². The molecule has 4 rings (SSSR count). The molecule has 5 N–H and O–H groups in total. The van der Waals surface area contributed by atoms with Crippen molar-refractivity contribution in [1.29, 1.82) is 0 Å². The number of fused-ring (bicyclic) bond motifs is 1. The van der Waals surface area contributed by atoms with E-state index in [2.05, 4.69) is 20.3 Å². The molecule has 0 fully saturated rings. The molecule has 0 aliphatic carbocycles. The Balaban J connectivity index is 1.46. The molecule has 3 heterocycles. The maximum absolute atomic E-state index is 12.9. The zero-order valence-corrected chi connectivity index (χ0v) is 16.8. The van der Waals surface area contributed by atoms with Crippen molar-refractivity contribution in [3.63, 3.8) is 0 Å². The van der Waals surface area contributed by atoms with Gasteiger partial charge in [-0.25, -0.2) is 4.98 Å². The van der Waals surface area contributed by atoms with Gasteiger partial charge in [0.15, 0.2) is 5.65 Å². The number of hydrazone groups is 1. The lowest BCUT2D eigenvalue weighted by molar-refractivity contribution is -0.137. The highest BCUT2D eigenvalue weighted by atomic mass is 32.2. The Morgan fingerprint density at radius 1 is 1.30 bits per heavy atom. The summed E-state index contributed by atoms with van der Waals surface area (Å²) < 4.78 is 38.7. The summed E-state index contributed by atoms with van der Waals surface area (Å²) in [6, 6.07) is 6.72. The fourth-order valence-electron chi connectivity index (χ4n) is 3.27. The van der Waals surface area contributed by atoms with Crippen molar-refractivity contribution in [2.45, 2.75) is 31.1 Å². The van der Waals surface area contributed by atoms with Gasteiger partial charge in [-0.05, 0) is 31.0 Å². The number of thioether (sulfide) groups is 1. The van der Waals surface area contributed by atoms with Crippen molar-refractivity contribution in [3.05, 3.63) is 58.9 Å². The number of nitrogens with zero attached hydrogens (tertiary/aromatic N) is 4. The number of aromatic amines is 1. The van der Waals surface area contributed by atoms with E-state index in [1.165, 1.54) is 17.8 Å². The highest BCUT2D eigenvalue weighted by Crippen LogP contribution is 2.30. The van der Waals surface area contributed by atoms with Gasteiger partial charge in [0.25, 0.3) is 0 Å². The third-order valence-corrected chi connectivity index (χ3v) is 5.80. The van der Waals surface area contributed by atoms with Crippen LogP contribution in [0.4, 0.5) is 13.2 Å². The maximum Gasteiger partial charge on any atom is 0.416 e. The molecular formula is C19H20F3N7S. The van der Waals surface area contributed by atoms with E-state index in [0.29, 0.717) is 22.8 Å². The molecule has 1 aromatic carbocycles. The first-order chi connectivity index (χ1) is 14.2. The molecule has 2 aromatic heterocycles. The Labute approximate surface area is 174 Å². The highest BCUT2D eigenvalue weighted by Gasteiger charge is 2.31. The average molecular weight is 435 g/mol. The molecule has 158 valence electrons. The van der Waals surface area contributed by atoms with Crippen LogP contribution in [0.15, 0.2) is 41.6 Å². The summed E-state index contributed by atoms with van der Waals surface area (Å²) in [6.07, 6.45) is -2.40. The van der Waals surface area contributed by atoms with Crippen LogP contribution < -0.4 is 11.5 Å². The van der Waals surface area contributed by atoms with Crippen molar-refractivity contribution in [2.75, 3.05) is 6.54 Å². The Morgan fingerprint density at radius 3 is 2.87 bits per heavy atom. The van der Waals surface area contributed by atoms with Crippen LogP contribution in [0, 0.1) is 6.92 Å². The van der Waals surface area contributed by atoms with Gasteiger partial charge in [-0.1, -0.05) is 30.0 Å². The van der Waals surface area contributed by atoms with Crippen molar-refractivity contribution >= 4 is 27.8 Å². The smallest absolute Gasteiger partial charge is 0.326 e. The van der Waals surface area contributed by atoms with Gasteiger partial charge >= 0.3 is 6.18 Å². The summed E-state index contributed by atoms with van der Waals surface area (Å²) in [5.74, 6) is 0. The zero-order valence-electron chi connectivity index (χ0n) is 16.0. The number of benzene rings is 1. The molecule has 0 saturated heterocycles. The topological polar surface area (TPSA) is 109 Å². The van der Waals surface area contributed by atoms with Crippen LogP contribution in [-0.4, -0.2) is 43.3 Å². The molecular weight excluding hydrogens is 415 g/mol. The molecule has 1 aliphatic heterocycles. The van der Waals surface area contributed by atoms with E-state index >= 15 is 0 Å². The van der Waals surface area contributed by atoms with Gasteiger partial charge in [0.05, 0.1) is 17.8 Å².